The van der Waals surface area contributed by atoms with Crippen LogP contribution in [0.1, 0.15) is 38.8 Å². The van der Waals surface area contributed by atoms with E-state index >= 15 is 0 Å². The second kappa shape index (κ2) is 8.78. The third-order valence-corrected chi connectivity index (χ3v) is 5.44. The third kappa shape index (κ3) is 4.25. The highest BCUT2D eigenvalue weighted by atomic mass is 79.9. The Morgan fingerprint density at radius 2 is 1.84 bits per heavy atom. The molecule has 0 fully saturated rings. The lowest BCUT2D eigenvalue weighted by Crippen LogP contribution is -2.09. The Morgan fingerprint density at radius 1 is 1.10 bits per heavy atom. The molecule has 31 heavy (non-hydrogen) atoms. The van der Waals surface area contributed by atoms with Gasteiger partial charge in [0.2, 0.25) is 5.78 Å². The van der Waals surface area contributed by atoms with E-state index in [0.29, 0.717) is 45.0 Å². The molecule has 0 aromatic heterocycles. The predicted molar refractivity (Wildman–Crippen MR) is 121 cm³/mol. The van der Waals surface area contributed by atoms with Crippen LogP contribution in [0.25, 0.3) is 6.08 Å². The van der Waals surface area contributed by atoms with Gasteiger partial charge in [-0.1, -0.05) is 30.3 Å². The van der Waals surface area contributed by atoms with Crippen molar-refractivity contribution in [2.45, 2.75) is 13.8 Å². The molecular formula is C25H19BrO5. The molecule has 0 unspecified atom stereocenters. The summed E-state index contributed by atoms with van der Waals surface area (Å²) in [5.74, 6) is 0.810. The fourth-order valence-electron chi connectivity index (χ4n) is 3.35. The summed E-state index contributed by atoms with van der Waals surface area (Å²) >= 11 is 3.35. The first-order valence-corrected chi connectivity index (χ1v) is 10.5. The van der Waals surface area contributed by atoms with Crippen LogP contribution in [0.3, 0.4) is 0 Å². The van der Waals surface area contributed by atoms with Crippen molar-refractivity contribution in [3.8, 4) is 17.2 Å². The molecule has 0 N–H and O–H groups in total. The Bertz CT molecular complexity index is 1210. The van der Waals surface area contributed by atoms with Crippen molar-refractivity contribution in [3.63, 3.8) is 0 Å². The molecule has 0 amide bonds. The maximum Gasteiger partial charge on any atom is 0.344 e. The number of aryl methyl sites for hydroxylation is 1. The van der Waals surface area contributed by atoms with Crippen LogP contribution in [-0.2, 0) is 0 Å². The second-order valence-electron chi connectivity index (χ2n) is 6.89. The van der Waals surface area contributed by atoms with E-state index in [-0.39, 0.29) is 11.5 Å². The zero-order chi connectivity index (χ0) is 22.0. The van der Waals surface area contributed by atoms with Crippen molar-refractivity contribution in [2.75, 3.05) is 6.61 Å². The maximum absolute atomic E-state index is 12.9. The number of rotatable bonds is 5. The number of hydrogen-bond donors (Lipinski definition) is 0. The summed E-state index contributed by atoms with van der Waals surface area (Å²) < 4.78 is 17.6. The molecule has 0 spiro atoms. The van der Waals surface area contributed by atoms with E-state index in [1.165, 1.54) is 0 Å². The summed E-state index contributed by atoms with van der Waals surface area (Å²) in [5, 5.41) is 0. The molecule has 0 saturated heterocycles. The lowest BCUT2D eigenvalue weighted by Gasteiger charge is -2.08. The highest BCUT2D eigenvalue weighted by Gasteiger charge is 2.30. The van der Waals surface area contributed by atoms with E-state index in [9.17, 15) is 9.59 Å². The monoisotopic (exact) mass is 478 g/mol. The minimum atomic E-state index is -0.502. The van der Waals surface area contributed by atoms with Gasteiger partial charge in [0.25, 0.3) is 0 Å². The van der Waals surface area contributed by atoms with Crippen molar-refractivity contribution < 1.29 is 23.8 Å². The number of halogens is 1. The molecule has 3 aromatic carbocycles. The fourth-order valence-corrected chi connectivity index (χ4v) is 3.80. The normalized spacial score (nSPS) is 13.6. The van der Waals surface area contributed by atoms with Crippen LogP contribution in [0.5, 0.6) is 17.2 Å². The number of allylic oxidation sites excluding steroid dienone is 1. The molecule has 0 radical (unpaired) electrons. The molecule has 4 rings (SSSR count). The lowest BCUT2D eigenvalue weighted by molar-refractivity contribution is 0.0733. The number of Topliss-reactive ketones (excluding diaryl/α,β-unsaturated/α-hetero) is 1. The van der Waals surface area contributed by atoms with Gasteiger partial charge in [-0.3, -0.25) is 4.79 Å². The number of fused-ring (bicyclic) bond motifs is 1. The number of ketones is 1. The van der Waals surface area contributed by atoms with E-state index in [1.54, 1.807) is 43.3 Å². The molecule has 0 saturated carbocycles. The average Bonchev–Trinajstić information content (AvgIpc) is 3.05. The number of carbonyl (C=O) groups is 2. The maximum atomic E-state index is 12.9. The van der Waals surface area contributed by atoms with Gasteiger partial charge < -0.3 is 14.2 Å². The summed E-state index contributed by atoms with van der Waals surface area (Å²) in [4.78, 5) is 25.5. The highest BCUT2D eigenvalue weighted by Crippen LogP contribution is 2.38. The molecule has 0 bridgehead atoms. The Hall–Kier alpha value is -3.38. The molecule has 0 aliphatic carbocycles. The zero-order valence-electron chi connectivity index (χ0n) is 17.0. The predicted octanol–water partition coefficient (Wildman–Crippen LogP) is 5.99. The van der Waals surface area contributed by atoms with Gasteiger partial charge in [0.15, 0.2) is 5.76 Å². The Balaban J connectivity index is 1.63. The van der Waals surface area contributed by atoms with E-state index in [4.69, 9.17) is 14.2 Å². The van der Waals surface area contributed by atoms with Gasteiger partial charge >= 0.3 is 5.97 Å². The first-order chi connectivity index (χ1) is 15.0. The number of carbonyl (C=O) groups excluding carboxylic acids is 2. The Labute approximate surface area is 188 Å². The van der Waals surface area contributed by atoms with Crippen LogP contribution >= 0.6 is 15.9 Å². The van der Waals surface area contributed by atoms with Crippen molar-refractivity contribution in [3.05, 3.63) is 93.1 Å². The minimum Gasteiger partial charge on any atom is -0.493 e. The molecule has 6 heteroatoms. The molecule has 5 nitrogen and oxygen atoms in total. The van der Waals surface area contributed by atoms with Crippen LogP contribution in [0.15, 0.2) is 70.9 Å². The quantitative estimate of drug-likeness (QED) is 0.256. The fraction of sp³-hybridized carbons (Fsp3) is 0.120. The second-order valence-corrected chi connectivity index (χ2v) is 7.75. The third-order valence-electron chi connectivity index (χ3n) is 4.75. The molecule has 1 aliphatic rings. The van der Waals surface area contributed by atoms with E-state index < -0.39 is 5.97 Å². The molecule has 0 atom stereocenters. The van der Waals surface area contributed by atoms with Crippen molar-refractivity contribution >= 4 is 33.8 Å². The van der Waals surface area contributed by atoms with Gasteiger partial charge in [0.05, 0.1) is 17.7 Å². The minimum absolute atomic E-state index is 0.194. The topological polar surface area (TPSA) is 61.8 Å². The number of benzene rings is 3. The molecular weight excluding hydrogens is 460 g/mol. The zero-order valence-corrected chi connectivity index (χ0v) is 18.6. The number of ether oxygens (including phenoxy) is 3. The number of para-hydroxylation sites is 1. The van der Waals surface area contributed by atoms with Gasteiger partial charge in [0, 0.05) is 16.1 Å². The number of esters is 1. The van der Waals surface area contributed by atoms with Crippen molar-refractivity contribution in [1.82, 2.24) is 0 Å². The first kappa shape index (κ1) is 20.9. The van der Waals surface area contributed by atoms with Crippen LogP contribution in [0.4, 0.5) is 0 Å². The molecule has 1 aliphatic heterocycles. The Morgan fingerprint density at radius 3 is 2.61 bits per heavy atom. The standard InChI is InChI=1S/C25H19BrO5/c1-3-29-20-11-7-4-8-16(20)13-22-24(27)23-15(2)12-17(14-21(23)31-22)30-25(28)18-9-5-6-10-19(18)26/h4-14H,3H2,1-2H3/b22-13-. The molecule has 156 valence electrons. The summed E-state index contributed by atoms with van der Waals surface area (Å²) in [6.45, 7) is 4.20. The van der Waals surface area contributed by atoms with Crippen LogP contribution in [0, 0.1) is 6.92 Å². The lowest BCUT2D eigenvalue weighted by atomic mass is 10.0. The van der Waals surface area contributed by atoms with Crippen molar-refractivity contribution in [1.29, 1.82) is 0 Å². The van der Waals surface area contributed by atoms with E-state index in [2.05, 4.69) is 15.9 Å². The van der Waals surface area contributed by atoms with Crippen LogP contribution in [-0.4, -0.2) is 18.4 Å². The van der Waals surface area contributed by atoms with Crippen LogP contribution < -0.4 is 14.2 Å². The van der Waals surface area contributed by atoms with Crippen LogP contribution in [0.2, 0.25) is 0 Å². The van der Waals surface area contributed by atoms with E-state index in [1.807, 2.05) is 37.3 Å². The number of hydrogen-bond acceptors (Lipinski definition) is 5. The molecule has 3 aromatic rings. The average molecular weight is 479 g/mol. The molecule has 1 heterocycles. The largest absolute Gasteiger partial charge is 0.493 e. The van der Waals surface area contributed by atoms with E-state index in [0.717, 1.165) is 5.56 Å². The Kier molecular flexibility index (Phi) is 5.91. The van der Waals surface area contributed by atoms with Crippen molar-refractivity contribution in [2.24, 2.45) is 0 Å². The van der Waals surface area contributed by atoms with Gasteiger partial charge in [-0.2, -0.15) is 0 Å². The highest BCUT2D eigenvalue weighted by molar-refractivity contribution is 9.10. The summed E-state index contributed by atoms with van der Waals surface area (Å²) in [6.07, 6.45) is 1.67. The van der Waals surface area contributed by atoms with Gasteiger partial charge in [0.1, 0.15) is 17.2 Å². The summed E-state index contributed by atoms with van der Waals surface area (Å²) in [5.41, 5.74) is 2.28. The van der Waals surface area contributed by atoms with Gasteiger partial charge in [-0.15, -0.1) is 0 Å². The summed E-state index contributed by atoms with van der Waals surface area (Å²) in [6, 6.07) is 17.7. The SMILES string of the molecule is CCOc1ccccc1/C=C1\Oc2cc(OC(=O)c3ccccc3Br)cc(C)c2C1=O. The summed E-state index contributed by atoms with van der Waals surface area (Å²) in [7, 11) is 0. The van der Waals surface area contributed by atoms with Gasteiger partial charge in [-0.25, -0.2) is 4.79 Å². The first-order valence-electron chi connectivity index (χ1n) is 9.75. The smallest absolute Gasteiger partial charge is 0.344 e. The van der Waals surface area contributed by atoms with Gasteiger partial charge in [-0.05, 0) is 65.7 Å².